The maximum absolute atomic E-state index is 12.1. The van der Waals surface area contributed by atoms with Crippen LogP contribution in [0.1, 0.15) is 12.0 Å². The molecule has 10 heteroatoms. The van der Waals surface area contributed by atoms with Gasteiger partial charge in [0.2, 0.25) is 5.91 Å². The molecule has 1 aromatic carbocycles. The average molecular weight is 323 g/mol. The minimum atomic E-state index is -4.60. The maximum atomic E-state index is 12.1. The van der Waals surface area contributed by atoms with Crippen molar-refractivity contribution in [2.24, 2.45) is 5.14 Å². The van der Waals surface area contributed by atoms with Crippen LogP contribution >= 0.6 is 0 Å². The predicted molar refractivity (Wildman–Crippen MR) is 69.9 cm³/mol. The molecule has 0 bridgehead atoms. The Bertz CT molecular complexity index is 673. The summed E-state index contributed by atoms with van der Waals surface area (Å²) in [6, 6.07) is 4.25. The van der Waals surface area contributed by atoms with Crippen molar-refractivity contribution in [3.8, 4) is 0 Å². The highest BCUT2D eigenvalue weighted by atomic mass is 32.2. The van der Waals surface area contributed by atoms with Crippen molar-refractivity contribution < 1.29 is 26.4 Å². The van der Waals surface area contributed by atoms with Crippen molar-refractivity contribution in [3.05, 3.63) is 23.8 Å². The van der Waals surface area contributed by atoms with Crippen molar-refractivity contribution >= 4 is 27.5 Å². The summed E-state index contributed by atoms with van der Waals surface area (Å²) in [5.74, 6) is -1.22. The van der Waals surface area contributed by atoms with Gasteiger partial charge in [-0.05, 0) is 24.1 Å². The van der Waals surface area contributed by atoms with Gasteiger partial charge in [-0.1, -0.05) is 6.07 Å². The van der Waals surface area contributed by atoms with Crippen LogP contribution in [0.4, 0.5) is 24.5 Å². The van der Waals surface area contributed by atoms with Gasteiger partial charge in [-0.15, -0.1) is 0 Å². The lowest BCUT2D eigenvalue weighted by molar-refractivity contribution is -0.150. The topological polar surface area (TPSA) is 92.5 Å². The number of fused-ring (bicyclic) bond motifs is 1. The second-order valence-electron chi connectivity index (χ2n) is 4.55. The molecule has 0 unspecified atom stereocenters. The summed E-state index contributed by atoms with van der Waals surface area (Å²) in [6.45, 7) is 0.161. The zero-order valence-corrected chi connectivity index (χ0v) is 11.5. The molecule has 1 heterocycles. The smallest absolute Gasteiger partial charge is 0.326 e. The first-order valence-electron chi connectivity index (χ1n) is 5.86. The average Bonchev–Trinajstić information content (AvgIpc) is 2.68. The number of anilines is 2. The number of carbonyl (C=O) groups is 1. The van der Waals surface area contributed by atoms with Crippen LogP contribution in [0.5, 0.6) is 0 Å². The first-order valence-corrected chi connectivity index (χ1v) is 7.36. The molecule has 21 heavy (non-hydrogen) atoms. The third-order valence-corrected chi connectivity index (χ3v) is 3.88. The number of carbonyl (C=O) groups excluding carboxylic acids is 1. The van der Waals surface area contributed by atoms with E-state index in [1.165, 1.54) is 12.1 Å². The van der Waals surface area contributed by atoms with E-state index in [4.69, 9.17) is 5.14 Å². The molecule has 0 atom stereocenters. The van der Waals surface area contributed by atoms with E-state index in [-0.39, 0.29) is 17.9 Å². The predicted octanol–water partition coefficient (Wildman–Crippen LogP) is 1.14. The lowest BCUT2D eigenvalue weighted by Gasteiger charge is -2.16. The molecule has 6 nitrogen and oxygen atoms in total. The number of hydrogen-bond acceptors (Lipinski definition) is 3. The number of halogens is 3. The van der Waals surface area contributed by atoms with Gasteiger partial charge in [0, 0.05) is 12.2 Å². The fourth-order valence-electron chi connectivity index (χ4n) is 2.08. The molecule has 1 aromatic rings. The Morgan fingerprint density at radius 1 is 1.38 bits per heavy atom. The number of rotatable bonds is 3. The van der Waals surface area contributed by atoms with Gasteiger partial charge in [0.25, 0.3) is 10.2 Å². The summed E-state index contributed by atoms with van der Waals surface area (Å²) in [4.78, 5) is 11.2. The molecule has 0 spiro atoms. The van der Waals surface area contributed by atoms with E-state index >= 15 is 0 Å². The number of amides is 1. The van der Waals surface area contributed by atoms with Gasteiger partial charge in [0.1, 0.15) is 6.42 Å². The summed E-state index contributed by atoms with van der Waals surface area (Å²) < 4.78 is 60.0. The second-order valence-corrected chi connectivity index (χ2v) is 6.02. The number of hydrogen-bond donors (Lipinski definition) is 2. The highest BCUT2D eigenvalue weighted by Crippen LogP contribution is 2.32. The molecule has 0 fully saturated rings. The number of benzene rings is 1. The second kappa shape index (κ2) is 5.19. The van der Waals surface area contributed by atoms with Crippen LogP contribution in [-0.2, 0) is 21.4 Å². The van der Waals surface area contributed by atoms with Gasteiger partial charge >= 0.3 is 6.18 Å². The van der Waals surface area contributed by atoms with Crippen LogP contribution in [0.25, 0.3) is 0 Å². The van der Waals surface area contributed by atoms with Gasteiger partial charge in [-0.2, -0.15) is 21.6 Å². The van der Waals surface area contributed by atoms with Crippen LogP contribution in [-0.4, -0.2) is 27.0 Å². The van der Waals surface area contributed by atoms with Crippen molar-refractivity contribution in [2.45, 2.75) is 19.0 Å². The molecule has 0 aromatic heterocycles. The van der Waals surface area contributed by atoms with E-state index in [1.54, 1.807) is 6.07 Å². The quantitative estimate of drug-likeness (QED) is 0.874. The third kappa shape index (κ3) is 3.85. The molecule has 1 aliphatic rings. The van der Waals surface area contributed by atoms with Crippen LogP contribution in [0.2, 0.25) is 0 Å². The van der Waals surface area contributed by atoms with Crippen molar-refractivity contribution in [1.82, 2.24) is 0 Å². The van der Waals surface area contributed by atoms with Crippen LogP contribution in [0, 0.1) is 0 Å². The Morgan fingerprint density at radius 3 is 2.62 bits per heavy atom. The third-order valence-electron chi connectivity index (χ3n) is 2.89. The zero-order valence-electron chi connectivity index (χ0n) is 10.6. The van der Waals surface area contributed by atoms with Crippen LogP contribution < -0.4 is 14.8 Å². The molecule has 116 valence electrons. The van der Waals surface area contributed by atoms with Gasteiger partial charge in [0.15, 0.2) is 0 Å². The molecule has 1 amide bonds. The Hall–Kier alpha value is -1.81. The van der Waals surface area contributed by atoms with E-state index in [9.17, 15) is 26.4 Å². The van der Waals surface area contributed by atoms with E-state index < -0.39 is 28.7 Å². The largest absolute Gasteiger partial charge is 0.397 e. The molecule has 2 rings (SSSR count). The fraction of sp³-hybridized carbons (Fsp3) is 0.364. The Balaban J connectivity index is 2.20. The molecular weight excluding hydrogens is 311 g/mol. The van der Waals surface area contributed by atoms with Crippen LogP contribution in [0.3, 0.4) is 0 Å². The standard InChI is InChI=1S/C11H12F3N3O3S/c12-11(13,14)6-10(18)16-8-2-1-7-3-4-17(9(7)5-8)21(15,19)20/h1-2,5H,3-4,6H2,(H,16,18)(H2,15,19,20). The van der Waals surface area contributed by atoms with Crippen molar-refractivity contribution in [2.75, 3.05) is 16.2 Å². The van der Waals surface area contributed by atoms with E-state index in [2.05, 4.69) is 5.32 Å². The van der Waals surface area contributed by atoms with Gasteiger partial charge in [-0.25, -0.2) is 5.14 Å². The van der Waals surface area contributed by atoms with Crippen molar-refractivity contribution in [3.63, 3.8) is 0 Å². The molecule has 1 aliphatic heterocycles. The van der Waals surface area contributed by atoms with Crippen molar-refractivity contribution in [1.29, 1.82) is 0 Å². The maximum Gasteiger partial charge on any atom is 0.397 e. The lowest BCUT2D eigenvalue weighted by atomic mass is 10.1. The summed E-state index contributed by atoms with van der Waals surface area (Å²) in [6.07, 6.45) is -5.76. The molecule has 3 N–H and O–H groups in total. The monoisotopic (exact) mass is 323 g/mol. The Labute approximate surface area is 118 Å². The van der Waals surface area contributed by atoms with E-state index in [0.29, 0.717) is 12.0 Å². The van der Waals surface area contributed by atoms with E-state index in [0.717, 1.165) is 4.31 Å². The van der Waals surface area contributed by atoms with Gasteiger partial charge in [-0.3, -0.25) is 9.10 Å². The first-order chi connectivity index (χ1) is 9.56. The first kappa shape index (κ1) is 15.6. The molecule has 0 radical (unpaired) electrons. The summed E-state index contributed by atoms with van der Waals surface area (Å²) in [5, 5.41) is 7.13. The molecule has 0 saturated carbocycles. The lowest BCUT2D eigenvalue weighted by Crippen LogP contribution is -2.35. The highest BCUT2D eigenvalue weighted by Gasteiger charge is 2.31. The number of alkyl halides is 3. The molecular formula is C11H12F3N3O3S. The van der Waals surface area contributed by atoms with Gasteiger partial charge < -0.3 is 5.32 Å². The van der Waals surface area contributed by atoms with Crippen LogP contribution in [0.15, 0.2) is 18.2 Å². The highest BCUT2D eigenvalue weighted by molar-refractivity contribution is 7.90. The number of nitrogens with zero attached hydrogens (tertiary/aromatic N) is 1. The summed E-state index contributed by atoms with van der Waals surface area (Å²) >= 11 is 0. The number of nitrogens with two attached hydrogens (primary N) is 1. The Morgan fingerprint density at radius 2 is 2.05 bits per heavy atom. The van der Waals surface area contributed by atoms with Gasteiger partial charge in [0.05, 0.1) is 5.69 Å². The summed E-state index contributed by atoms with van der Waals surface area (Å²) in [7, 11) is -3.95. The minimum absolute atomic E-state index is 0.0820. The minimum Gasteiger partial charge on any atom is -0.326 e. The Kier molecular flexibility index (Phi) is 3.85. The summed E-state index contributed by atoms with van der Waals surface area (Å²) in [5.41, 5.74) is 1.04. The molecule has 0 saturated heterocycles. The fourth-order valence-corrected chi connectivity index (χ4v) is 2.87. The number of nitrogens with one attached hydrogen (secondary N) is 1. The zero-order chi connectivity index (χ0) is 15.8. The van der Waals surface area contributed by atoms with E-state index in [1.807, 2.05) is 0 Å². The SMILES string of the molecule is NS(=O)(=O)N1CCc2ccc(NC(=O)CC(F)(F)F)cc21. The molecule has 0 aliphatic carbocycles. The normalized spacial score (nSPS) is 15.0.